The van der Waals surface area contributed by atoms with E-state index in [4.69, 9.17) is 4.98 Å². The summed E-state index contributed by atoms with van der Waals surface area (Å²) in [5, 5.41) is 4.84. The zero-order valence-electron chi connectivity index (χ0n) is 13.4. The monoisotopic (exact) mass is 295 g/mol. The van der Waals surface area contributed by atoms with Crippen LogP contribution in [0.2, 0.25) is 0 Å². The number of nitrogens with one attached hydrogen (secondary N) is 1. The van der Waals surface area contributed by atoms with Crippen LogP contribution in [0.15, 0.2) is 0 Å². The third-order valence-corrected chi connectivity index (χ3v) is 5.27. The number of nitrogens with zero attached hydrogens (tertiary/aromatic N) is 2. The summed E-state index contributed by atoms with van der Waals surface area (Å²) in [5.41, 5.74) is 1.29. The summed E-state index contributed by atoms with van der Waals surface area (Å²) in [6, 6.07) is 0.771. The molecule has 1 heterocycles. The molecule has 0 aromatic carbocycles. The highest BCUT2D eigenvalue weighted by atomic mass is 32.1. The van der Waals surface area contributed by atoms with Crippen molar-refractivity contribution in [3.63, 3.8) is 0 Å². The van der Waals surface area contributed by atoms with Crippen molar-refractivity contribution in [3.05, 3.63) is 10.6 Å². The zero-order valence-corrected chi connectivity index (χ0v) is 14.2. The maximum atomic E-state index is 4.89. The van der Waals surface area contributed by atoms with Gasteiger partial charge in [-0.1, -0.05) is 27.2 Å². The predicted molar refractivity (Wildman–Crippen MR) is 88.7 cm³/mol. The summed E-state index contributed by atoms with van der Waals surface area (Å²) in [6.07, 6.45) is 4.97. The summed E-state index contributed by atoms with van der Waals surface area (Å²) in [7, 11) is 0. The van der Waals surface area contributed by atoms with Crippen LogP contribution in [0.3, 0.4) is 0 Å². The van der Waals surface area contributed by atoms with Gasteiger partial charge in [0.05, 0.1) is 5.69 Å². The van der Waals surface area contributed by atoms with E-state index in [2.05, 4.69) is 37.9 Å². The number of aromatic nitrogens is 1. The first kappa shape index (κ1) is 15.8. The molecule has 0 radical (unpaired) electrons. The average molecular weight is 295 g/mol. The minimum atomic E-state index is 0.733. The maximum Gasteiger partial charge on any atom is 0.185 e. The van der Waals surface area contributed by atoms with E-state index in [0.29, 0.717) is 0 Å². The smallest absolute Gasteiger partial charge is 0.185 e. The third kappa shape index (κ3) is 4.19. The zero-order chi connectivity index (χ0) is 14.5. The van der Waals surface area contributed by atoms with Crippen LogP contribution in [0.4, 0.5) is 5.13 Å². The van der Waals surface area contributed by atoms with E-state index >= 15 is 0 Å². The fraction of sp³-hybridized carbons (Fsp3) is 0.812. The van der Waals surface area contributed by atoms with Crippen LogP contribution in [-0.4, -0.2) is 24.1 Å². The van der Waals surface area contributed by atoms with Crippen molar-refractivity contribution < 1.29 is 0 Å². The Bertz CT molecular complexity index is 412. The van der Waals surface area contributed by atoms with Gasteiger partial charge in [0, 0.05) is 30.6 Å². The highest BCUT2D eigenvalue weighted by molar-refractivity contribution is 7.15. The molecule has 0 aliphatic heterocycles. The van der Waals surface area contributed by atoms with Gasteiger partial charge in [-0.3, -0.25) is 0 Å². The number of hydrogen-bond acceptors (Lipinski definition) is 4. The summed E-state index contributed by atoms with van der Waals surface area (Å²) < 4.78 is 0. The van der Waals surface area contributed by atoms with Crippen molar-refractivity contribution in [2.24, 2.45) is 5.92 Å². The molecule has 1 fully saturated rings. The second kappa shape index (κ2) is 7.41. The molecule has 3 nitrogen and oxygen atoms in total. The second-order valence-electron chi connectivity index (χ2n) is 5.93. The van der Waals surface area contributed by atoms with Crippen molar-refractivity contribution in [1.82, 2.24) is 10.3 Å². The number of rotatable bonds is 9. The molecular weight excluding hydrogens is 266 g/mol. The lowest BCUT2D eigenvalue weighted by Gasteiger charge is -2.23. The molecule has 20 heavy (non-hydrogen) atoms. The minimum Gasteiger partial charge on any atom is -0.348 e. The van der Waals surface area contributed by atoms with Crippen LogP contribution in [0.5, 0.6) is 0 Å². The molecular formula is C16H29N3S. The Morgan fingerprint density at radius 3 is 2.65 bits per heavy atom. The van der Waals surface area contributed by atoms with Gasteiger partial charge in [-0.05, 0) is 32.1 Å². The van der Waals surface area contributed by atoms with Crippen molar-refractivity contribution in [3.8, 4) is 0 Å². The first-order valence-electron chi connectivity index (χ1n) is 8.14. The van der Waals surface area contributed by atoms with E-state index in [0.717, 1.165) is 38.0 Å². The highest BCUT2D eigenvalue weighted by Crippen LogP contribution is 2.29. The summed E-state index contributed by atoms with van der Waals surface area (Å²) in [5.74, 6) is 0.733. The van der Waals surface area contributed by atoms with Gasteiger partial charge in [0.15, 0.2) is 5.13 Å². The number of hydrogen-bond donors (Lipinski definition) is 1. The topological polar surface area (TPSA) is 28.2 Å². The maximum absolute atomic E-state index is 4.89. The third-order valence-electron chi connectivity index (χ3n) is 4.11. The molecule has 1 saturated carbocycles. The van der Waals surface area contributed by atoms with Gasteiger partial charge >= 0.3 is 0 Å². The van der Waals surface area contributed by atoms with Crippen molar-refractivity contribution in [2.75, 3.05) is 18.0 Å². The number of thiazole rings is 1. The Balaban J connectivity index is 2.04. The summed E-state index contributed by atoms with van der Waals surface area (Å²) in [4.78, 5) is 8.77. The normalized spacial score (nSPS) is 16.4. The molecule has 1 atom stereocenters. The first-order valence-corrected chi connectivity index (χ1v) is 8.96. The molecule has 1 unspecified atom stereocenters. The Kier molecular flexibility index (Phi) is 5.85. The van der Waals surface area contributed by atoms with E-state index in [1.165, 1.54) is 35.0 Å². The summed E-state index contributed by atoms with van der Waals surface area (Å²) >= 11 is 1.89. The Labute approximate surface area is 127 Å². The molecule has 1 aliphatic rings. The van der Waals surface area contributed by atoms with Crippen LogP contribution in [0.25, 0.3) is 0 Å². The SMILES string of the molecule is CCc1nc(N(CC)CC(C)CC)sc1CNC1CC1. The molecule has 0 amide bonds. The molecule has 4 heteroatoms. The summed E-state index contributed by atoms with van der Waals surface area (Å²) in [6.45, 7) is 12.2. The van der Waals surface area contributed by atoms with Crippen LogP contribution in [0.1, 0.15) is 57.5 Å². The van der Waals surface area contributed by atoms with Gasteiger partial charge in [-0.15, -0.1) is 11.3 Å². The van der Waals surface area contributed by atoms with Crippen molar-refractivity contribution >= 4 is 16.5 Å². The van der Waals surface area contributed by atoms with E-state index in [9.17, 15) is 0 Å². The molecule has 2 rings (SSSR count). The van der Waals surface area contributed by atoms with Gasteiger partial charge < -0.3 is 10.2 Å². The second-order valence-corrected chi connectivity index (χ2v) is 6.99. The number of aryl methyl sites for hydroxylation is 1. The fourth-order valence-electron chi connectivity index (χ4n) is 2.29. The van der Waals surface area contributed by atoms with E-state index < -0.39 is 0 Å². The number of anilines is 1. The van der Waals surface area contributed by atoms with Crippen molar-refractivity contribution in [2.45, 2.75) is 66.0 Å². The highest BCUT2D eigenvalue weighted by Gasteiger charge is 2.22. The molecule has 0 saturated heterocycles. The van der Waals surface area contributed by atoms with Gasteiger partial charge in [0.2, 0.25) is 0 Å². The van der Waals surface area contributed by atoms with Crippen molar-refractivity contribution in [1.29, 1.82) is 0 Å². The van der Waals surface area contributed by atoms with Gasteiger partial charge in [0.25, 0.3) is 0 Å². The predicted octanol–water partition coefficient (Wildman–Crippen LogP) is 3.83. The fourth-order valence-corrected chi connectivity index (χ4v) is 3.46. The lowest BCUT2D eigenvalue weighted by atomic mass is 10.1. The van der Waals surface area contributed by atoms with E-state index in [1.807, 2.05) is 11.3 Å². The van der Waals surface area contributed by atoms with Crippen LogP contribution >= 0.6 is 11.3 Å². The van der Waals surface area contributed by atoms with E-state index in [1.54, 1.807) is 0 Å². The van der Waals surface area contributed by atoms with Crippen LogP contribution in [0, 0.1) is 5.92 Å². The molecule has 114 valence electrons. The molecule has 1 N–H and O–H groups in total. The standard InChI is InChI=1S/C16H29N3S/c1-5-12(4)11-19(7-3)16-18-14(6-2)15(20-16)10-17-13-8-9-13/h12-13,17H,5-11H2,1-4H3. The largest absolute Gasteiger partial charge is 0.348 e. The quantitative estimate of drug-likeness (QED) is 0.750. The molecule has 1 aromatic rings. The first-order chi connectivity index (χ1) is 9.67. The Hall–Kier alpha value is -0.610. The Morgan fingerprint density at radius 1 is 1.35 bits per heavy atom. The van der Waals surface area contributed by atoms with E-state index in [-0.39, 0.29) is 0 Å². The van der Waals surface area contributed by atoms with Crippen LogP contribution < -0.4 is 10.2 Å². The Morgan fingerprint density at radius 2 is 2.10 bits per heavy atom. The molecule has 0 bridgehead atoms. The van der Waals surface area contributed by atoms with Gasteiger partial charge in [-0.25, -0.2) is 4.98 Å². The molecule has 1 aliphatic carbocycles. The minimum absolute atomic E-state index is 0.733. The lowest BCUT2D eigenvalue weighted by Crippen LogP contribution is -2.27. The molecule has 0 spiro atoms. The van der Waals surface area contributed by atoms with Gasteiger partial charge in [-0.2, -0.15) is 0 Å². The lowest BCUT2D eigenvalue weighted by molar-refractivity contribution is 0.547. The van der Waals surface area contributed by atoms with Gasteiger partial charge in [0.1, 0.15) is 0 Å². The molecule has 1 aromatic heterocycles. The average Bonchev–Trinajstić information content (AvgIpc) is 3.21. The van der Waals surface area contributed by atoms with Crippen LogP contribution in [-0.2, 0) is 13.0 Å².